The fourth-order valence-electron chi connectivity index (χ4n) is 5.94. The lowest BCUT2D eigenvalue weighted by Crippen LogP contribution is -2.48. The third-order valence-electron chi connectivity index (χ3n) is 7.49. The van der Waals surface area contributed by atoms with E-state index in [0.29, 0.717) is 25.0 Å². The number of anilines is 1. The number of hydrogen-bond acceptors (Lipinski definition) is 6. The molecule has 176 valence electrons. The molecular weight excluding hydrogens is 410 g/mol. The molecule has 0 bridgehead atoms. The summed E-state index contributed by atoms with van der Waals surface area (Å²) < 4.78 is 5.48. The lowest BCUT2D eigenvalue weighted by molar-refractivity contribution is -0.122. The molecule has 3 saturated heterocycles. The number of amides is 1. The highest BCUT2D eigenvalue weighted by Crippen LogP contribution is 2.40. The van der Waals surface area contributed by atoms with Crippen LogP contribution in [0.5, 0.6) is 0 Å². The summed E-state index contributed by atoms with van der Waals surface area (Å²) in [7, 11) is 0. The molecule has 0 spiro atoms. The van der Waals surface area contributed by atoms with E-state index in [-0.39, 0.29) is 24.5 Å². The van der Waals surface area contributed by atoms with E-state index in [1.807, 2.05) is 23.1 Å². The van der Waals surface area contributed by atoms with Crippen molar-refractivity contribution in [3.05, 3.63) is 29.8 Å². The number of fused-ring (bicyclic) bond motifs is 1. The minimum absolute atomic E-state index is 0.147. The summed E-state index contributed by atoms with van der Waals surface area (Å²) in [6.45, 7) is 6.70. The third kappa shape index (κ3) is 4.92. The Balaban J connectivity index is 0.000000775. The van der Waals surface area contributed by atoms with Crippen LogP contribution in [0.3, 0.4) is 0 Å². The molecule has 0 unspecified atom stereocenters. The van der Waals surface area contributed by atoms with Crippen molar-refractivity contribution in [1.82, 2.24) is 9.80 Å². The summed E-state index contributed by atoms with van der Waals surface area (Å²) in [6.07, 6.45) is 4.12. The topological polar surface area (TPSA) is 93.5 Å². The van der Waals surface area contributed by atoms with E-state index in [9.17, 15) is 9.90 Å². The van der Waals surface area contributed by atoms with Crippen LogP contribution in [0.25, 0.3) is 0 Å². The van der Waals surface area contributed by atoms with Crippen molar-refractivity contribution in [3.63, 3.8) is 0 Å². The summed E-state index contributed by atoms with van der Waals surface area (Å²) in [5.74, 6) is 1.10. The normalized spacial score (nSPS) is 30.4. The number of rotatable bonds is 3. The Labute approximate surface area is 189 Å². The molecule has 1 saturated carbocycles. The average Bonchev–Trinajstić information content (AvgIpc) is 3.49. The first-order valence-corrected chi connectivity index (χ1v) is 11.8. The van der Waals surface area contributed by atoms with Crippen molar-refractivity contribution < 1.29 is 24.5 Å². The van der Waals surface area contributed by atoms with Crippen LogP contribution in [0.2, 0.25) is 0 Å². The Morgan fingerprint density at radius 3 is 2.31 bits per heavy atom. The highest BCUT2D eigenvalue weighted by molar-refractivity contribution is 6.00. The van der Waals surface area contributed by atoms with Gasteiger partial charge in [-0.05, 0) is 62.7 Å². The predicted octanol–water partition coefficient (Wildman–Crippen LogP) is 1.53. The maximum Gasteiger partial charge on any atom is 0.290 e. The van der Waals surface area contributed by atoms with Gasteiger partial charge in [0, 0.05) is 37.9 Å². The number of benzene rings is 1. The van der Waals surface area contributed by atoms with Crippen LogP contribution in [0.4, 0.5) is 5.69 Å². The number of likely N-dealkylation sites (tertiary alicyclic amines) is 2. The van der Waals surface area contributed by atoms with Crippen molar-refractivity contribution in [3.8, 4) is 0 Å². The number of ether oxygens (including phenoxy) is 1. The van der Waals surface area contributed by atoms with Crippen LogP contribution in [0, 0.1) is 11.8 Å². The van der Waals surface area contributed by atoms with Gasteiger partial charge in [0.25, 0.3) is 12.4 Å². The molecule has 3 heterocycles. The van der Waals surface area contributed by atoms with Gasteiger partial charge in [0.15, 0.2) is 0 Å². The zero-order chi connectivity index (χ0) is 22.5. The van der Waals surface area contributed by atoms with Crippen molar-refractivity contribution in [2.75, 3.05) is 57.4 Å². The molecular formula is C24H35N3O5. The molecule has 4 aliphatic rings. The number of aliphatic hydroxyl groups is 1. The molecule has 1 aromatic carbocycles. The van der Waals surface area contributed by atoms with Gasteiger partial charge in [-0.3, -0.25) is 14.5 Å². The van der Waals surface area contributed by atoms with Crippen LogP contribution in [-0.2, 0) is 9.53 Å². The van der Waals surface area contributed by atoms with E-state index >= 15 is 0 Å². The van der Waals surface area contributed by atoms with Crippen LogP contribution in [0.15, 0.2) is 24.3 Å². The zero-order valence-corrected chi connectivity index (χ0v) is 18.6. The van der Waals surface area contributed by atoms with Crippen molar-refractivity contribution >= 4 is 18.1 Å². The van der Waals surface area contributed by atoms with Gasteiger partial charge in [-0.2, -0.15) is 0 Å². The van der Waals surface area contributed by atoms with Gasteiger partial charge in [0.05, 0.1) is 24.9 Å². The van der Waals surface area contributed by atoms with E-state index in [1.165, 1.54) is 12.8 Å². The fraction of sp³-hybridized carbons (Fsp3) is 0.667. The number of morpholine rings is 1. The minimum Gasteiger partial charge on any atom is -0.483 e. The van der Waals surface area contributed by atoms with E-state index in [2.05, 4.69) is 15.9 Å². The van der Waals surface area contributed by atoms with Crippen LogP contribution >= 0.6 is 0 Å². The highest BCUT2D eigenvalue weighted by Gasteiger charge is 2.45. The van der Waals surface area contributed by atoms with Gasteiger partial charge in [-0.15, -0.1) is 0 Å². The number of carbonyl (C=O) groups excluding carboxylic acids is 1. The van der Waals surface area contributed by atoms with Crippen LogP contribution in [-0.4, -0.2) is 97.0 Å². The van der Waals surface area contributed by atoms with E-state index in [0.717, 1.165) is 63.4 Å². The summed E-state index contributed by atoms with van der Waals surface area (Å²) in [4.78, 5) is 28.6. The van der Waals surface area contributed by atoms with Gasteiger partial charge >= 0.3 is 0 Å². The van der Waals surface area contributed by atoms with Gasteiger partial charge < -0.3 is 24.7 Å². The molecule has 0 radical (unpaired) electrons. The van der Waals surface area contributed by atoms with Crippen LogP contribution < -0.4 is 4.90 Å². The average molecular weight is 446 g/mol. The summed E-state index contributed by atoms with van der Waals surface area (Å²) in [5, 5.41) is 17.7. The molecule has 8 nitrogen and oxygen atoms in total. The van der Waals surface area contributed by atoms with Gasteiger partial charge in [-0.25, -0.2) is 0 Å². The largest absolute Gasteiger partial charge is 0.483 e. The Morgan fingerprint density at radius 2 is 1.62 bits per heavy atom. The Bertz CT molecular complexity index is 779. The quantitative estimate of drug-likeness (QED) is 0.682. The van der Waals surface area contributed by atoms with E-state index in [4.69, 9.17) is 14.6 Å². The Kier molecular flexibility index (Phi) is 7.65. The summed E-state index contributed by atoms with van der Waals surface area (Å²) >= 11 is 0. The van der Waals surface area contributed by atoms with Crippen molar-refractivity contribution in [1.29, 1.82) is 0 Å². The molecule has 1 amide bonds. The number of para-hydroxylation sites is 1. The number of nitrogens with zero attached hydrogens (tertiary/aromatic N) is 3. The first-order valence-electron chi connectivity index (χ1n) is 11.8. The Hall–Kier alpha value is -2.16. The molecule has 8 heteroatoms. The van der Waals surface area contributed by atoms with Crippen molar-refractivity contribution in [2.45, 2.75) is 37.8 Å². The molecule has 1 aliphatic carbocycles. The minimum atomic E-state index is -0.250. The first-order chi connectivity index (χ1) is 15.6. The van der Waals surface area contributed by atoms with Gasteiger partial charge in [0.2, 0.25) is 0 Å². The maximum absolute atomic E-state index is 13.5. The monoisotopic (exact) mass is 445 g/mol. The molecule has 5 rings (SSSR count). The standard InChI is InChI=1S/C23H33N3O3.CH2O2/c27-22-14-18-16-26(15-17(18)13-21(22)24-7-3-4-8-24)23(28)19-5-1-2-6-20(19)25-9-11-29-12-10-25;2-1-3/h1-2,5-6,17-18,21-22,27H,3-4,7-16H2;1H,(H,2,3)/t17-,18+,21-,22-;/m1./s1. The van der Waals surface area contributed by atoms with Crippen LogP contribution in [0.1, 0.15) is 36.0 Å². The molecule has 32 heavy (non-hydrogen) atoms. The molecule has 3 aliphatic heterocycles. The maximum atomic E-state index is 13.5. The Morgan fingerprint density at radius 1 is 1.00 bits per heavy atom. The molecule has 2 N–H and O–H groups in total. The number of hydrogen-bond donors (Lipinski definition) is 2. The SMILES string of the molecule is O=C(c1ccccc1N1CCOCC1)N1C[C@H]2C[C@@H](N3CCCC3)[C@H](O)C[C@H]2C1.O=CO. The second-order valence-electron chi connectivity index (χ2n) is 9.30. The molecule has 1 aromatic rings. The second kappa shape index (κ2) is 10.6. The third-order valence-corrected chi connectivity index (χ3v) is 7.49. The number of carboxylic acid groups (broad SMARTS) is 1. The molecule has 0 aromatic heterocycles. The molecule has 4 atom stereocenters. The van der Waals surface area contributed by atoms with Crippen molar-refractivity contribution in [2.24, 2.45) is 11.8 Å². The highest BCUT2D eigenvalue weighted by atomic mass is 16.5. The lowest BCUT2D eigenvalue weighted by atomic mass is 9.77. The lowest BCUT2D eigenvalue weighted by Gasteiger charge is -2.40. The number of aliphatic hydroxyl groups excluding tert-OH is 1. The first kappa shape index (κ1) is 23.0. The smallest absolute Gasteiger partial charge is 0.290 e. The number of carbonyl (C=O) groups is 2. The summed E-state index contributed by atoms with van der Waals surface area (Å²) in [5.41, 5.74) is 1.84. The fourth-order valence-corrected chi connectivity index (χ4v) is 5.94. The predicted molar refractivity (Wildman–Crippen MR) is 121 cm³/mol. The summed E-state index contributed by atoms with van der Waals surface area (Å²) in [6, 6.07) is 8.30. The second-order valence-corrected chi connectivity index (χ2v) is 9.30. The molecule has 4 fully saturated rings. The van der Waals surface area contributed by atoms with E-state index < -0.39 is 0 Å². The van der Waals surface area contributed by atoms with Gasteiger partial charge in [0.1, 0.15) is 0 Å². The van der Waals surface area contributed by atoms with E-state index in [1.54, 1.807) is 0 Å². The zero-order valence-electron chi connectivity index (χ0n) is 18.6. The van der Waals surface area contributed by atoms with Gasteiger partial charge in [-0.1, -0.05) is 12.1 Å².